The fourth-order valence-electron chi connectivity index (χ4n) is 1.43. The number of benzene rings is 2. The number of anilines is 1. The molecule has 19 heavy (non-hydrogen) atoms. The van der Waals surface area contributed by atoms with Gasteiger partial charge in [-0.3, -0.25) is 4.72 Å². The largest absolute Gasteiger partial charge is 0.279 e. The standard InChI is InChI=1S/C12H8BrClFNO2S/c13-9-6-5-8(7-11(9)15)16-19(17,18)12-4-2-1-3-10(12)14/h1-7,16H. The van der Waals surface area contributed by atoms with Gasteiger partial charge in [-0.2, -0.15) is 0 Å². The van der Waals surface area contributed by atoms with E-state index in [2.05, 4.69) is 20.7 Å². The topological polar surface area (TPSA) is 46.2 Å². The molecule has 7 heteroatoms. The molecule has 2 aromatic carbocycles. The van der Waals surface area contributed by atoms with Crippen LogP contribution in [0.3, 0.4) is 0 Å². The van der Waals surface area contributed by atoms with E-state index >= 15 is 0 Å². The number of halogens is 3. The lowest BCUT2D eigenvalue weighted by Gasteiger charge is -2.09. The van der Waals surface area contributed by atoms with Crippen LogP contribution in [0, 0.1) is 5.82 Å². The Kier molecular flexibility index (Phi) is 4.13. The van der Waals surface area contributed by atoms with Gasteiger partial charge in [0.15, 0.2) is 0 Å². The van der Waals surface area contributed by atoms with Gasteiger partial charge < -0.3 is 0 Å². The van der Waals surface area contributed by atoms with Gasteiger partial charge in [-0.25, -0.2) is 12.8 Å². The molecule has 0 aliphatic carbocycles. The van der Waals surface area contributed by atoms with E-state index in [9.17, 15) is 12.8 Å². The molecular weight excluding hydrogens is 357 g/mol. The zero-order chi connectivity index (χ0) is 14.0. The highest BCUT2D eigenvalue weighted by Crippen LogP contribution is 2.25. The number of rotatable bonds is 3. The van der Waals surface area contributed by atoms with Crippen molar-refractivity contribution in [3.63, 3.8) is 0 Å². The van der Waals surface area contributed by atoms with Crippen molar-refractivity contribution in [1.29, 1.82) is 0 Å². The van der Waals surface area contributed by atoms with Gasteiger partial charge in [0.1, 0.15) is 10.7 Å². The van der Waals surface area contributed by atoms with Gasteiger partial charge in [-0.05, 0) is 46.3 Å². The molecule has 0 spiro atoms. The molecular formula is C12H8BrClFNO2S. The molecule has 0 fully saturated rings. The summed E-state index contributed by atoms with van der Waals surface area (Å²) < 4.78 is 40.0. The maximum Gasteiger partial charge on any atom is 0.263 e. The first-order valence-electron chi connectivity index (χ1n) is 5.12. The van der Waals surface area contributed by atoms with Crippen molar-refractivity contribution in [2.45, 2.75) is 4.90 Å². The molecule has 0 aliphatic heterocycles. The zero-order valence-electron chi connectivity index (χ0n) is 9.40. The molecule has 3 nitrogen and oxygen atoms in total. The summed E-state index contributed by atoms with van der Waals surface area (Å²) in [4.78, 5) is -0.0556. The number of sulfonamides is 1. The number of hydrogen-bond acceptors (Lipinski definition) is 2. The van der Waals surface area contributed by atoms with Gasteiger partial charge >= 0.3 is 0 Å². The van der Waals surface area contributed by atoms with Crippen molar-refractivity contribution >= 4 is 43.2 Å². The van der Waals surface area contributed by atoms with Crippen LogP contribution in [0.5, 0.6) is 0 Å². The zero-order valence-corrected chi connectivity index (χ0v) is 12.6. The molecule has 0 amide bonds. The second-order valence-electron chi connectivity index (χ2n) is 3.66. The lowest BCUT2D eigenvalue weighted by Crippen LogP contribution is -2.13. The summed E-state index contributed by atoms with van der Waals surface area (Å²) in [6.07, 6.45) is 0. The van der Waals surface area contributed by atoms with Gasteiger partial charge in [0, 0.05) is 0 Å². The number of nitrogens with one attached hydrogen (secondary N) is 1. The van der Waals surface area contributed by atoms with Crippen molar-refractivity contribution in [1.82, 2.24) is 0 Å². The molecule has 0 aromatic heterocycles. The van der Waals surface area contributed by atoms with Crippen LogP contribution in [0.15, 0.2) is 51.8 Å². The summed E-state index contributed by atoms with van der Waals surface area (Å²) >= 11 is 8.82. The van der Waals surface area contributed by atoms with E-state index in [1.165, 1.54) is 24.3 Å². The van der Waals surface area contributed by atoms with Crippen molar-refractivity contribution in [2.75, 3.05) is 4.72 Å². The maximum absolute atomic E-state index is 13.3. The van der Waals surface area contributed by atoms with Crippen LogP contribution in [-0.2, 0) is 10.0 Å². The highest BCUT2D eigenvalue weighted by Gasteiger charge is 2.17. The van der Waals surface area contributed by atoms with Gasteiger partial charge in [0.05, 0.1) is 15.2 Å². The molecule has 0 unspecified atom stereocenters. The van der Waals surface area contributed by atoms with Crippen LogP contribution in [0.1, 0.15) is 0 Å². The van der Waals surface area contributed by atoms with Crippen LogP contribution in [0.25, 0.3) is 0 Å². The molecule has 0 radical (unpaired) electrons. The smallest absolute Gasteiger partial charge is 0.263 e. The van der Waals surface area contributed by atoms with E-state index in [-0.39, 0.29) is 20.1 Å². The van der Waals surface area contributed by atoms with Gasteiger partial charge in [0.2, 0.25) is 0 Å². The Hall–Kier alpha value is -1.11. The molecule has 100 valence electrons. The molecule has 0 saturated carbocycles. The van der Waals surface area contributed by atoms with Crippen LogP contribution >= 0.6 is 27.5 Å². The SMILES string of the molecule is O=S(=O)(Nc1ccc(Br)c(F)c1)c1ccccc1Cl. The summed E-state index contributed by atoms with van der Waals surface area (Å²) in [7, 11) is -3.84. The summed E-state index contributed by atoms with van der Waals surface area (Å²) in [6, 6.07) is 9.97. The minimum absolute atomic E-state index is 0.0556. The highest BCUT2D eigenvalue weighted by molar-refractivity contribution is 9.10. The quantitative estimate of drug-likeness (QED) is 0.893. The van der Waals surface area contributed by atoms with E-state index in [0.717, 1.165) is 6.07 Å². The fourth-order valence-corrected chi connectivity index (χ4v) is 3.25. The molecule has 0 saturated heterocycles. The highest BCUT2D eigenvalue weighted by atomic mass is 79.9. The first kappa shape index (κ1) is 14.3. The predicted octanol–water partition coefficient (Wildman–Crippen LogP) is 4.04. The van der Waals surface area contributed by atoms with Crippen molar-refractivity contribution in [3.05, 3.63) is 57.8 Å². The van der Waals surface area contributed by atoms with Crippen molar-refractivity contribution in [2.24, 2.45) is 0 Å². The number of hydrogen-bond donors (Lipinski definition) is 1. The molecule has 0 atom stereocenters. The Morgan fingerprint density at radius 1 is 1.16 bits per heavy atom. The summed E-state index contributed by atoms with van der Waals surface area (Å²) in [5.74, 6) is -0.556. The van der Waals surface area contributed by atoms with Gasteiger partial charge in [-0.15, -0.1) is 0 Å². The monoisotopic (exact) mass is 363 g/mol. The first-order chi connectivity index (χ1) is 8.90. The van der Waals surface area contributed by atoms with Crippen LogP contribution < -0.4 is 4.72 Å². The Balaban J connectivity index is 2.37. The Bertz CT molecular complexity index is 721. The van der Waals surface area contributed by atoms with Crippen LogP contribution in [-0.4, -0.2) is 8.42 Å². The van der Waals surface area contributed by atoms with Gasteiger partial charge in [-0.1, -0.05) is 23.7 Å². The predicted molar refractivity (Wildman–Crippen MR) is 76.4 cm³/mol. The normalized spacial score (nSPS) is 11.3. The van der Waals surface area contributed by atoms with Gasteiger partial charge in [0.25, 0.3) is 10.0 Å². The minimum atomic E-state index is -3.84. The molecule has 1 N–H and O–H groups in total. The molecule has 2 rings (SSSR count). The van der Waals surface area contributed by atoms with E-state index in [0.29, 0.717) is 0 Å². The lowest BCUT2D eigenvalue weighted by molar-refractivity contribution is 0.601. The molecule has 0 aliphatic rings. The van der Waals surface area contributed by atoms with E-state index in [4.69, 9.17) is 11.6 Å². The van der Waals surface area contributed by atoms with Crippen molar-refractivity contribution < 1.29 is 12.8 Å². The Labute approximate surface area is 123 Å². The maximum atomic E-state index is 13.3. The Morgan fingerprint density at radius 2 is 1.84 bits per heavy atom. The van der Waals surface area contributed by atoms with Crippen LogP contribution in [0.2, 0.25) is 5.02 Å². The third kappa shape index (κ3) is 3.26. The lowest BCUT2D eigenvalue weighted by atomic mass is 10.3. The molecule has 2 aromatic rings. The van der Waals surface area contributed by atoms with E-state index < -0.39 is 15.8 Å². The fraction of sp³-hybridized carbons (Fsp3) is 0. The first-order valence-corrected chi connectivity index (χ1v) is 7.78. The Morgan fingerprint density at radius 3 is 2.47 bits per heavy atom. The summed E-state index contributed by atoms with van der Waals surface area (Å²) in [6.45, 7) is 0. The van der Waals surface area contributed by atoms with Crippen molar-refractivity contribution in [3.8, 4) is 0 Å². The molecule has 0 bridgehead atoms. The summed E-state index contributed by atoms with van der Waals surface area (Å²) in [5.41, 5.74) is 0.126. The van der Waals surface area contributed by atoms with E-state index in [1.54, 1.807) is 12.1 Å². The third-order valence-electron chi connectivity index (χ3n) is 2.30. The second kappa shape index (κ2) is 5.48. The van der Waals surface area contributed by atoms with E-state index in [1.807, 2.05) is 0 Å². The average Bonchev–Trinajstić information content (AvgIpc) is 2.34. The average molecular weight is 365 g/mol. The summed E-state index contributed by atoms with van der Waals surface area (Å²) in [5, 5.41) is 0.104. The van der Waals surface area contributed by atoms with Crippen LogP contribution in [0.4, 0.5) is 10.1 Å². The minimum Gasteiger partial charge on any atom is -0.279 e. The second-order valence-corrected chi connectivity index (χ2v) is 6.58. The third-order valence-corrected chi connectivity index (χ3v) is 4.82. The molecule has 0 heterocycles.